The fourth-order valence-electron chi connectivity index (χ4n) is 6.54. The SMILES string of the molecule is O=CCN(NCC(CCCN1CCC(Cc2ccc(F)cc2)CC1)(c1ccccc1)c1ccccc1)C(=O)OCc1ccccc1. The first-order valence-corrected chi connectivity index (χ1v) is 16.3. The summed E-state index contributed by atoms with van der Waals surface area (Å²) in [7, 11) is 0. The van der Waals surface area contributed by atoms with Crippen LogP contribution in [0.4, 0.5) is 9.18 Å². The summed E-state index contributed by atoms with van der Waals surface area (Å²) >= 11 is 0. The summed E-state index contributed by atoms with van der Waals surface area (Å²) in [6.45, 7) is 3.49. The Bertz CT molecular complexity index is 1440. The standard InChI is InChI=1S/C39H44FN3O3/c40-37-19-17-32(18-20-37)29-33-21-25-42(26-22-33)24-10-23-39(35-13-6-2-7-14-35,36-15-8-3-9-16-36)31-41-43(27-28-44)38(45)46-30-34-11-4-1-5-12-34/h1-9,11-20,28,33,41H,10,21-27,29-31H2. The van der Waals surface area contributed by atoms with Crippen LogP contribution in [0.1, 0.15) is 47.9 Å². The van der Waals surface area contributed by atoms with Crippen molar-refractivity contribution in [1.29, 1.82) is 0 Å². The van der Waals surface area contributed by atoms with Crippen LogP contribution in [0.5, 0.6) is 0 Å². The van der Waals surface area contributed by atoms with Gasteiger partial charge in [0.25, 0.3) is 0 Å². The van der Waals surface area contributed by atoms with Crippen molar-refractivity contribution in [2.24, 2.45) is 5.92 Å². The van der Waals surface area contributed by atoms with Crippen molar-refractivity contribution in [3.8, 4) is 0 Å². The molecule has 4 aromatic carbocycles. The first kappa shape index (κ1) is 33.0. The zero-order valence-electron chi connectivity index (χ0n) is 26.4. The highest BCUT2D eigenvalue weighted by Gasteiger charge is 2.35. The van der Waals surface area contributed by atoms with E-state index in [9.17, 15) is 14.0 Å². The molecule has 4 aromatic rings. The normalized spacial score (nSPS) is 14.1. The molecule has 6 nitrogen and oxygen atoms in total. The Morgan fingerprint density at radius 2 is 1.43 bits per heavy atom. The molecule has 1 aliphatic rings. The third kappa shape index (κ3) is 9.12. The van der Waals surface area contributed by atoms with Crippen LogP contribution in [-0.4, -0.2) is 55.0 Å². The molecule has 5 rings (SSSR count). The minimum atomic E-state index is -0.588. The van der Waals surface area contributed by atoms with Gasteiger partial charge >= 0.3 is 6.09 Å². The molecule has 0 unspecified atom stereocenters. The minimum absolute atomic E-state index is 0.125. The molecule has 1 N–H and O–H groups in total. The number of piperidine rings is 1. The van der Waals surface area contributed by atoms with Crippen LogP contribution in [-0.2, 0) is 28.0 Å². The van der Waals surface area contributed by atoms with Crippen LogP contribution in [0.15, 0.2) is 115 Å². The number of hydrogen-bond acceptors (Lipinski definition) is 5. The Morgan fingerprint density at radius 3 is 2.02 bits per heavy atom. The van der Waals surface area contributed by atoms with Crippen molar-refractivity contribution >= 4 is 12.4 Å². The summed E-state index contributed by atoms with van der Waals surface area (Å²) in [5.74, 6) is 0.430. The summed E-state index contributed by atoms with van der Waals surface area (Å²) < 4.78 is 18.9. The molecule has 0 spiro atoms. The number of hydrazine groups is 1. The van der Waals surface area contributed by atoms with Crippen LogP contribution in [0.3, 0.4) is 0 Å². The van der Waals surface area contributed by atoms with Crippen LogP contribution < -0.4 is 5.43 Å². The summed E-state index contributed by atoms with van der Waals surface area (Å²) in [5, 5.41) is 1.28. The molecule has 46 heavy (non-hydrogen) atoms. The van der Waals surface area contributed by atoms with Gasteiger partial charge in [0.1, 0.15) is 18.7 Å². The summed E-state index contributed by atoms with van der Waals surface area (Å²) in [6.07, 6.45) is 5.19. The maximum Gasteiger partial charge on any atom is 0.424 e. The molecule has 240 valence electrons. The van der Waals surface area contributed by atoms with Gasteiger partial charge in [-0.1, -0.05) is 103 Å². The number of amides is 1. The summed E-state index contributed by atoms with van der Waals surface area (Å²) in [5.41, 5.74) is 7.23. The lowest BCUT2D eigenvalue weighted by Gasteiger charge is -2.38. The second-order valence-electron chi connectivity index (χ2n) is 12.2. The number of benzene rings is 4. The first-order chi connectivity index (χ1) is 22.6. The van der Waals surface area contributed by atoms with E-state index in [1.54, 1.807) is 12.1 Å². The second-order valence-corrected chi connectivity index (χ2v) is 12.2. The van der Waals surface area contributed by atoms with E-state index < -0.39 is 11.5 Å². The van der Waals surface area contributed by atoms with Crippen LogP contribution in [0.25, 0.3) is 0 Å². The van der Waals surface area contributed by atoms with Gasteiger partial charge < -0.3 is 14.4 Å². The monoisotopic (exact) mass is 621 g/mol. The number of nitrogens with one attached hydrogen (secondary N) is 1. The van der Waals surface area contributed by atoms with Crippen molar-refractivity contribution in [2.45, 2.75) is 44.1 Å². The maximum absolute atomic E-state index is 13.3. The largest absolute Gasteiger partial charge is 0.444 e. The molecular formula is C39H44FN3O3. The van der Waals surface area contributed by atoms with Gasteiger partial charge in [0, 0.05) is 12.0 Å². The van der Waals surface area contributed by atoms with Crippen molar-refractivity contribution in [3.05, 3.63) is 143 Å². The molecule has 1 heterocycles. The fourth-order valence-corrected chi connectivity index (χ4v) is 6.54. The molecular weight excluding hydrogens is 577 g/mol. The Hall–Kier alpha value is -4.33. The molecule has 0 bridgehead atoms. The highest BCUT2D eigenvalue weighted by atomic mass is 19.1. The number of nitrogens with zero attached hydrogens (tertiary/aromatic N) is 2. The first-order valence-electron chi connectivity index (χ1n) is 16.3. The van der Waals surface area contributed by atoms with Gasteiger partial charge in [0.15, 0.2) is 0 Å². The van der Waals surface area contributed by atoms with E-state index in [1.807, 2.05) is 54.6 Å². The molecule has 0 atom stereocenters. The van der Waals surface area contributed by atoms with E-state index in [4.69, 9.17) is 4.74 Å². The highest BCUT2D eigenvalue weighted by Crippen LogP contribution is 2.37. The van der Waals surface area contributed by atoms with E-state index in [-0.39, 0.29) is 19.0 Å². The van der Waals surface area contributed by atoms with E-state index in [0.29, 0.717) is 18.7 Å². The number of rotatable bonds is 15. The van der Waals surface area contributed by atoms with Crippen molar-refractivity contribution < 1.29 is 18.7 Å². The number of aldehydes is 1. The number of hydrogen-bond donors (Lipinski definition) is 1. The summed E-state index contributed by atoms with van der Waals surface area (Å²) in [4.78, 5) is 27.3. The predicted octanol–water partition coefficient (Wildman–Crippen LogP) is 7.19. The Kier molecular flexibility index (Phi) is 12.1. The molecule has 1 fully saturated rings. The zero-order valence-corrected chi connectivity index (χ0v) is 26.4. The lowest BCUT2D eigenvalue weighted by atomic mass is 9.71. The van der Waals surface area contributed by atoms with Gasteiger partial charge in [0.05, 0.1) is 6.54 Å². The van der Waals surface area contributed by atoms with Crippen LogP contribution >= 0.6 is 0 Å². The van der Waals surface area contributed by atoms with Crippen LogP contribution in [0.2, 0.25) is 0 Å². The number of carbonyl (C=O) groups is 2. The van der Waals surface area contributed by atoms with Gasteiger partial charge in [-0.15, -0.1) is 0 Å². The minimum Gasteiger partial charge on any atom is -0.444 e. The molecule has 1 saturated heterocycles. The molecule has 0 radical (unpaired) electrons. The topological polar surface area (TPSA) is 61.9 Å². The lowest BCUT2D eigenvalue weighted by molar-refractivity contribution is -0.109. The molecule has 7 heteroatoms. The smallest absolute Gasteiger partial charge is 0.424 e. The number of halogens is 1. The van der Waals surface area contributed by atoms with E-state index >= 15 is 0 Å². The maximum atomic E-state index is 13.3. The lowest BCUT2D eigenvalue weighted by Crippen LogP contribution is -2.51. The number of ether oxygens (including phenoxy) is 1. The average Bonchev–Trinajstić information content (AvgIpc) is 3.11. The zero-order chi connectivity index (χ0) is 32.0. The van der Waals surface area contributed by atoms with E-state index in [2.05, 4.69) is 58.9 Å². The van der Waals surface area contributed by atoms with E-state index in [0.717, 1.165) is 68.4 Å². The van der Waals surface area contributed by atoms with Gasteiger partial charge in [-0.3, -0.25) is 0 Å². The van der Waals surface area contributed by atoms with Crippen LogP contribution in [0, 0.1) is 11.7 Å². The molecule has 0 saturated carbocycles. The van der Waals surface area contributed by atoms with Crippen molar-refractivity contribution in [2.75, 3.05) is 32.7 Å². The molecule has 1 aliphatic heterocycles. The van der Waals surface area contributed by atoms with E-state index in [1.165, 1.54) is 10.6 Å². The second kappa shape index (κ2) is 16.8. The molecule has 0 aromatic heterocycles. The average molecular weight is 622 g/mol. The van der Waals surface area contributed by atoms with Gasteiger partial charge in [0.2, 0.25) is 0 Å². The Labute approximate surface area is 272 Å². The summed E-state index contributed by atoms with van der Waals surface area (Å²) in [6, 6.07) is 37.2. The van der Waals surface area contributed by atoms with Crippen molar-refractivity contribution in [3.63, 3.8) is 0 Å². The third-order valence-electron chi connectivity index (χ3n) is 9.13. The number of carbonyl (C=O) groups excluding carboxylic acids is 2. The molecule has 0 aliphatic carbocycles. The van der Waals surface area contributed by atoms with Gasteiger partial charge in [-0.2, -0.15) is 0 Å². The number of likely N-dealkylation sites (tertiary alicyclic amines) is 1. The Morgan fingerprint density at radius 1 is 0.848 bits per heavy atom. The quantitative estimate of drug-likeness (QED) is 0.113. The third-order valence-corrected chi connectivity index (χ3v) is 9.13. The predicted molar refractivity (Wildman–Crippen MR) is 180 cm³/mol. The Balaban J connectivity index is 1.26. The molecule has 1 amide bonds. The van der Waals surface area contributed by atoms with Gasteiger partial charge in [-0.05, 0) is 92.0 Å². The van der Waals surface area contributed by atoms with Crippen molar-refractivity contribution in [1.82, 2.24) is 15.3 Å². The fraction of sp³-hybridized carbons (Fsp3) is 0.333. The van der Waals surface area contributed by atoms with Gasteiger partial charge in [-0.25, -0.2) is 19.6 Å². The highest BCUT2D eigenvalue weighted by molar-refractivity contribution is 5.70.